The number of nitrogens with zero attached hydrogens (tertiary/aromatic N) is 6. The van der Waals surface area contributed by atoms with Gasteiger partial charge in [-0.3, -0.25) is 0 Å². The van der Waals surface area contributed by atoms with E-state index in [4.69, 9.17) is 21.0 Å². The molecule has 0 bridgehead atoms. The standard InChI is InChI=1S/C10H6N6O4/c1-19-7(17)9(3-11,4-12)15-16-10(5-13,6-14)8(18)20-2/h1-2H3. The fourth-order valence-electron chi connectivity index (χ4n) is 0.849. The summed E-state index contributed by atoms with van der Waals surface area (Å²) in [6.45, 7) is 0. The van der Waals surface area contributed by atoms with Gasteiger partial charge in [0.05, 0.1) is 14.2 Å². The number of carbonyl (C=O) groups is 2. The lowest BCUT2D eigenvalue weighted by atomic mass is 10.0. The van der Waals surface area contributed by atoms with Gasteiger partial charge in [0.2, 0.25) is 0 Å². The Morgan fingerprint density at radius 3 is 1.20 bits per heavy atom. The van der Waals surface area contributed by atoms with Crippen molar-refractivity contribution in [3.8, 4) is 24.3 Å². The van der Waals surface area contributed by atoms with Gasteiger partial charge in [-0.1, -0.05) is 0 Å². The molecule has 0 aromatic rings. The van der Waals surface area contributed by atoms with Crippen LogP contribution in [0.1, 0.15) is 0 Å². The molecule has 0 radical (unpaired) electrons. The average Bonchev–Trinajstić information content (AvgIpc) is 2.51. The van der Waals surface area contributed by atoms with Gasteiger partial charge in [-0.15, -0.1) is 10.2 Å². The highest BCUT2D eigenvalue weighted by molar-refractivity contribution is 5.89. The molecule has 0 aromatic carbocycles. The van der Waals surface area contributed by atoms with Crippen LogP contribution in [0.25, 0.3) is 0 Å². The van der Waals surface area contributed by atoms with Gasteiger partial charge in [0.25, 0.3) is 0 Å². The maximum Gasteiger partial charge on any atom is 0.365 e. The molecule has 0 aliphatic heterocycles. The monoisotopic (exact) mass is 274 g/mol. The lowest BCUT2D eigenvalue weighted by molar-refractivity contribution is -0.145. The van der Waals surface area contributed by atoms with Crippen LogP contribution in [0.5, 0.6) is 0 Å². The summed E-state index contributed by atoms with van der Waals surface area (Å²) in [4.78, 5) is 22.7. The van der Waals surface area contributed by atoms with Crippen molar-refractivity contribution in [2.45, 2.75) is 11.1 Å². The largest absolute Gasteiger partial charge is 0.466 e. The van der Waals surface area contributed by atoms with Gasteiger partial charge in [-0.25, -0.2) is 9.59 Å². The van der Waals surface area contributed by atoms with Crippen LogP contribution in [0.4, 0.5) is 0 Å². The molecular formula is C10H6N6O4. The number of ether oxygens (including phenoxy) is 2. The van der Waals surface area contributed by atoms with Crippen molar-refractivity contribution < 1.29 is 19.1 Å². The van der Waals surface area contributed by atoms with E-state index in [0.29, 0.717) is 0 Å². The first kappa shape index (κ1) is 16.5. The molecule has 20 heavy (non-hydrogen) atoms. The molecule has 100 valence electrons. The lowest BCUT2D eigenvalue weighted by Crippen LogP contribution is -2.38. The highest BCUT2D eigenvalue weighted by atomic mass is 16.5. The summed E-state index contributed by atoms with van der Waals surface area (Å²) >= 11 is 0. The van der Waals surface area contributed by atoms with Gasteiger partial charge >= 0.3 is 23.0 Å². The molecule has 0 saturated heterocycles. The minimum Gasteiger partial charge on any atom is -0.466 e. The molecule has 10 heteroatoms. The second-order valence-electron chi connectivity index (χ2n) is 3.05. The molecule has 0 atom stereocenters. The maximum atomic E-state index is 11.3. The first-order chi connectivity index (χ1) is 9.41. The van der Waals surface area contributed by atoms with E-state index in [9.17, 15) is 9.59 Å². The number of esters is 2. The van der Waals surface area contributed by atoms with Crippen molar-refractivity contribution in [1.29, 1.82) is 21.0 Å². The van der Waals surface area contributed by atoms with Crippen LogP contribution in [0.15, 0.2) is 10.2 Å². The normalized spacial score (nSPS) is 10.5. The molecule has 0 aromatic heterocycles. The Morgan fingerprint density at radius 2 is 1.05 bits per heavy atom. The number of nitriles is 4. The van der Waals surface area contributed by atoms with Crippen molar-refractivity contribution >= 4 is 11.9 Å². The second kappa shape index (κ2) is 6.44. The molecule has 0 unspecified atom stereocenters. The van der Waals surface area contributed by atoms with E-state index >= 15 is 0 Å². The van der Waals surface area contributed by atoms with E-state index in [2.05, 4.69) is 19.7 Å². The molecule has 0 aliphatic carbocycles. The third-order valence-corrected chi connectivity index (χ3v) is 1.96. The lowest BCUT2D eigenvalue weighted by Gasteiger charge is -2.12. The SMILES string of the molecule is COC(=O)C(C#N)(C#N)N=NC(C#N)(C#N)C(=O)OC. The van der Waals surface area contributed by atoms with E-state index < -0.39 is 23.0 Å². The molecule has 0 N–H and O–H groups in total. The second-order valence-corrected chi connectivity index (χ2v) is 3.05. The quantitative estimate of drug-likeness (QED) is 0.480. The van der Waals surface area contributed by atoms with Gasteiger partial charge in [0.1, 0.15) is 24.3 Å². The summed E-state index contributed by atoms with van der Waals surface area (Å²) in [5.41, 5.74) is -5.44. The predicted octanol–water partition coefficient (Wildman–Crippen LogP) is -0.643. The maximum absolute atomic E-state index is 11.3. The molecule has 0 heterocycles. The molecule has 0 rings (SSSR count). The third kappa shape index (κ3) is 2.66. The van der Waals surface area contributed by atoms with Gasteiger partial charge in [0, 0.05) is 0 Å². The molecule has 0 spiro atoms. The molecule has 0 aliphatic rings. The van der Waals surface area contributed by atoms with Crippen molar-refractivity contribution in [3.63, 3.8) is 0 Å². The van der Waals surface area contributed by atoms with Gasteiger partial charge in [-0.2, -0.15) is 21.0 Å². The number of carbonyl (C=O) groups excluding carboxylic acids is 2. The van der Waals surface area contributed by atoms with E-state index in [0.717, 1.165) is 14.2 Å². The van der Waals surface area contributed by atoms with Crippen molar-refractivity contribution in [2.75, 3.05) is 14.2 Å². The van der Waals surface area contributed by atoms with Crippen LogP contribution in [0, 0.1) is 45.3 Å². The Balaban J connectivity index is 5.90. The zero-order chi connectivity index (χ0) is 15.8. The van der Waals surface area contributed by atoms with Crippen LogP contribution >= 0.6 is 0 Å². The van der Waals surface area contributed by atoms with Crippen molar-refractivity contribution in [1.82, 2.24) is 0 Å². The summed E-state index contributed by atoms with van der Waals surface area (Å²) < 4.78 is 8.39. The molecule has 0 amide bonds. The summed E-state index contributed by atoms with van der Waals surface area (Å²) in [6.07, 6.45) is 0. The molecular weight excluding hydrogens is 268 g/mol. The zero-order valence-electron chi connectivity index (χ0n) is 10.3. The first-order valence-electron chi connectivity index (χ1n) is 4.67. The van der Waals surface area contributed by atoms with Crippen molar-refractivity contribution in [3.05, 3.63) is 0 Å². The highest BCUT2D eigenvalue weighted by Gasteiger charge is 2.46. The predicted molar refractivity (Wildman–Crippen MR) is 56.8 cm³/mol. The molecule has 10 nitrogen and oxygen atoms in total. The summed E-state index contributed by atoms with van der Waals surface area (Å²) in [7, 11) is 1.78. The van der Waals surface area contributed by atoms with E-state index in [1.54, 1.807) is 0 Å². The number of hydrogen-bond acceptors (Lipinski definition) is 10. The highest BCUT2D eigenvalue weighted by Crippen LogP contribution is 2.18. The topological polar surface area (TPSA) is 172 Å². The molecule has 0 fully saturated rings. The first-order valence-corrected chi connectivity index (χ1v) is 4.67. The zero-order valence-corrected chi connectivity index (χ0v) is 10.3. The Hall–Kier alpha value is -3.50. The summed E-state index contributed by atoms with van der Waals surface area (Å²) in [5.74, 6) is -2.75. The summed E-state index contributed by atoms with van der Waals surface area (Å²) in [6, 6.07) is 4.91. The average molecular weight is 274 g/mol. The molecule has 0 saturated carbocycles. The fraction of sp³-hybridized carbons (Fsp3) is 0.400. The van der Waals surface area contributed by atoms with Crippen LogP contribution in [0.3, 0.4) is 0 Å². The Morgan fingerprint density at radius 1 is 0.800 bits per heavy atom. The minimum atomic E-state index is -2.72. The minimum absolute atomic E-state index is 0.892. The third-order valence-electron chi connectivity index (χ3n) is 1.96. The Labute approximate surface area is 113 Å². The number of azo groups is 1. The van der Waals surface area contributed by atoms with Gasteiger partial charge in [0.15, 0.2) is 0 Å². The van der Waals surface area contributed by atoms with Gasteiger partial charge < -0.3 is 9.47 Å². The van der Waals surface area contributed by atoms with E-state index in [1.165, 1.54) is 24.3 Å². The number of rotatable bonds is 4. The number of hydrogen-bond donors (Lipinski definition) is 0. The van der Waals surface area contributed by atoms with Crippen LogP contribution in [-0.4, -0.2) is 37.2 Å². The van der Waals surface area contributed by atoms with Crippen LogP contribution in [-0.2, 0) is 19.1 Å². The Bertz CT molecular complexity index is 530. The van der Waals surface area contributed by atoms with E-state index in [1.807, 2.05) is 0 Å². The van der Waals surface area contributed by atoms with E-state index in [-0.39, 0.29) is 0 Å². The van der Waals surface area contributed by atoms with Crippen LogP contribution in [0.2, 0.25) is 0 Å². The van der Waals surface area contributed by atoms with Crippen molar-refractivity contribution in [2.24, 2.45) is 10.2 Å². The summed E-state index contributed by atoms with van der Waals surface area (Å²) in [5, 5.41) is 41.3. The Kier molecular flexibility index (Phi) is 5.31. The fourth-order valence-corrected chi connectivity index (χ4v) is 0.849. The van der Waals surface area contributed by atoms with Crippen LogP contribution < -0.4 is 0 Å². The van der Waals surface area contributed by atoms with Gasteiger partial charge in [-0.05, 0) is 0 Å². The number of methoxy groups -OCH3 is 2. The smallest absolute Gasteiger partial charge is 0.365 e.